The molecule has 2 bridgehead atoms. The second-order valence-electron chi connectivity index (χ2n) is 7.05. The van der Waals surface area contributed by atoms with Crippen molar-refractivity contribution in [2.24, 2.45) is 0 Å². The minimum absolute atomic E-state index is 0.0501. The fourth-order valence-corrected chi connectivity index (χ4v) is 4.03. The van der Waals surface area contributed by atoms with Crippen LogP contribution >= 0.6 is 11.6 Å². The van der Waals surface area contributed by atoms with Crippen molar-refractivity contribution >= 4 is 17.5 Å². The fraction of sp³-hybridized carbons (Fsp3) is 0.381. The number of halogens is 1. The van der Waals surface area contributed by atoms with E-state index in [0.29, 0.717) is 35.0 Å². The van der Waals surface area contributed by atoms with Gasteiger partial charge in [0.1, 0.15) is 12.4 Å². The third-order valence-electron chi connectivity index (χ3n) is 5.27. The van der Waals surface area contributed by atoms with Crippen LogP contribution in [0.25, 0.3) is 0 Å². The number of fused-ring (bicyclic) bond motifs is 2. The molecule has 1 amide bonds. The molecule has 0 aromatic heterocycles. The molecule has 2 aromatic rings. The fourth-order valence-electron chi connectivity index (χ4n) is 3.84. The maximum atomic E-state index is 13.1. The summed E-state index contributed by atoms with van der Waals surface area (Å²) in [6, 6.07) is 16.1. The molecule has 0 radical (unpaired) electrons. The largest absolute Gasteiger partial charge is 0.488 e. The number of hydrogen-bond donors (Lipinski definition) is 1. The van der Waals surface area contributed by atoms with Gasteiger partial charge in [0.25, 0.3) is 5.91 Å². The van der Waals surface area contributed by atoms with Gasteiger partial charge in [0.2, 0.25) is 0 Å². The van der Waals surface area contributed by atoms with Gasteiger partial charge in [0.05, 0.1) is 5.56 Å². The minimum atomic E-state index is 0.0501. The highest BCUT2D eigenvalue weighted by Crippen LogP contribution is 2.26. The van der Waals surface area contributed by atoms with Gasteiger partial charge in [-0.25, -0.2) is 0 Å². The van der Waals surface area contributed by atoms with E-state index in [1.165, 1.54) is 6.42 Å². The van der Waals surface area contributed by atoms with Gasteiger partial charge < -0.3 is 15.0 Å². The first-order chi connectivity index (χ1) is 12.7. The van der Waals surface area contributed by atoms with Crippen molar-refractivity contribution in [1.82, 2.24) is 10.2 Å². The number of nitrogens with zero attached hydrogens (tertiary/aromatic N) is 1. The molecule has 2 aromatic carbocycles. The Morgan fingerprint density at radius 3 is 2.73 bits per heavy atom. The molecule has 0 saturated carbocycles. The number of hydrogen-bond acceptors (Lipinski definition) is 3. The third kappa shape index (κ3) is 3.71. The van der Waals surface area contributed by atoms with Gasteiger partial charge in [0, 0.05) is 35.8 Å². The van der Waals surface area contributed by atoms with Crippen LogP contribution in [0.15, 0.2) is 48.5 Å². The number of rotatable bonds is 4. The highest BCUT2D eigenvalue weighted by Gasteiger charge is 2.32. The molecule has 2 fully saturated rings. The molecule has 0 aliphatic carbocycles. The highest BCUT2D eigenvalue weighted by atomic mass is 35.5. The molecular formula is C21H23ClN2O2. The zero-order valence-electron chi connectivity index (χ0n) is 14.7. The van der Waals surface area contributed by atoms with Crippen molar-refractivity contribution in [2.75, 3.05) is 13.1 Å². The van der Waals surface area contributed by atoms with E-state index in [1.807, 2.05) is 53.4 Å². The van der Waals surface area contributed by atoms with Gasteiger partial charge >= 0.3 is 0 Å². The maximum absolute atomic E-state index is 13.1. The Morgan fingerprint density at radius 1 is 1.08 bits per heavy atom. The summed E-state index contributed by atoms with van der Waals surface area (Å²) in [4.78, 5) is 15.1. The molecule has 5 heteroatoms. The molecular weight excluding hydrogens is 348 g/mol. The SMILES string of the molecule is O=C(c1ccccc1OCc1ccccc1Cl)N1CCC2CCC(C1)N2. The molecule has 2 atom stereocenters. The van der Waals surface area contributed by atoms with Crippen LogP contribution < -0.4 is 10.1 Å². The predicted octanol–water partition coefficient (Wildman–Crippen LogP) is 3.89. The number of carbonyl (C=O) groups is 1. The van der Waals surface area contributed by atoms with Crippen molar-refractivity contribution in [3.05, 3.63) is 64.7 Å². The summed E-state index contributed by atoms with van der Waals surface area (Å²) < 4.78 is 5.96. The molecule has 2 aliphatic rings. The zero-order chi connectivity index (χ0) is 17.9. The van der Waals surface area contributed by atoms with Crippen molar-refractivity contribution < 1.29 is 9.53 Å². The van der Waals surface area contributed by atoms with E-state index < -0.39 is 0 Å². The smallest absolute Gasteiger partial charge is 0.257 e. The van der Waals surface area contributed by atoms with Gasteiger partial charge in [-0.2, -0.15) is 0 Å². The van der Waals surface area contributed by atoms with Crippen molar-refractivity contribution in [2.45, 2.75) is 38.0 Å². The van der Waals surface area contributed by atoms with Crippen LogP contribution in [0.5, 0.6) is 5.75 Å². The van der Waals surface area contributed by atoms with Gasteiger partial charge in [-0.05, 0) is 37.5 Å². The van der Waals surface area contributed by atoms with E-state index in [0.717, 1.165) is 31.5 Å². The van der Waals surface area contributed by atoms with Gasteiger partial charge in [-0.1, -0.05) is 41.9 Å². The summed E-state index contributed by atoms with van der Waals surface area (Å²) in [7, 11) is 0. The van der Waals surface area contributed by atoms with E-state index >= 15 is 0 Å². The van der Waals surface area contributed by atoms with Crippen LogP contribution in [0.2, 0.25) is 5.02 Å². The summed E-state index contributed by atoms with van der Waals surface area (Å²) in [5.74, 6) is 0.661. The average Bonchev–Trinajstić information content (AvgIpc) is 2.99. The Bertz CT molecular complexity index is 795. The first-order valence-electron chi connectivity index (χ1n) is 9.21. The normalized spacial score (nSPS) is 22.1. The molecule has 136 valence electrons. The standard InChI is InChI=1S/C21H23ClN2O2/c22-19-7-3-1-5-15(19)14-26-20-8-4-2-6-18(20)21(25)24-12-11-16-9-10-17(13-24)23-16/h1-8,16-17,23H,9-14H2. The Morgan fingerprint density at radius 2 is 1.85 bits per heavy atom. The lowest BCUT2D eigenvalue weighted by Crippen LogP contribution is -2.39. The molecule has 2 heterocycles. The summed E-state index contributed by atoms with van der Waals surface area (Å²) in [6.45, 7) is 1.91. The lowest BCUT2D eigenvalue weighted by atomic mass is 10.1. The molecule has 2 unspecified atom stereocenters. The van der Waals surface area contributed by atoms with Gasteiger partial charge in [-0.3, -0.25) is 4.79 Å². The number of carbonyl (C=O) groups excluding carboxylic acids is 1. The van der Waals surface area contributed by atoms with Gasteiger partial charge in [0.15, 0.2) is 0 Å². The zero-order valence-corrected chi connectivity index (χ0v) is 15.4. The molecule has 26 heavy (non-hydrogen) atoms. The Hall–Kier alpha value is -2.04. The van der Waals surface area contributed by atoms with Crippen LogP contribution in [-0.2, 0) is 6.61 Å². The Labute approximate surface area is 159 Å². The van der Waals surface area contributed by atoms with Crippen LogP contribution in [0.1, 0.15) is 35.2 Å². The molecule has 4 nitrogen and oxygen atoms in total. The van der Waals surface area contributed by atoms with Crippen LogP contribution in [0.3, 0.4) is 0 Å². The topological polar surface area (TPSA) is 41.6 Å². The Kier molecular flexibility index (Phi) is 5.14. The number of benzene rings is 2. The van der Waals surface area contributed by atoms with Crippen molar-refractivity contribution in [3.8, 4) is 5.75 Å². The quantitative estimate of drug-likeness (QED) is 0.887. The molecule has 1 N–H and O–H groups in total. The summed E-state index contributed by atoms with van der Waals surface area (Å²) in [6.07, 6.45) is 3.40. The predicted molar refractivity (Wildman–Crippen MR) is 103 cm³/mol. The van der Waals surface area contributed by atoms with Crippen molar-refractivity contribution in [1.29, 1.82) is 0 Å². The van der Waals surface area contributed by atoms with E-state index in [4.69, 9.17) is 16.3 Å². The average molecular weight is 371 g/mol. The number of ether oxygens (including phenoxy) is 1. The molecule has 4 rings (SSSR count). The lowest BCUT2D eigenvalue weighted by Gasteiger charge is -2.25. The second-order valence-corrected chi connectivity index (χ2v) is 7.46. The highest BCUT2D eigenvalue weighted by molar-refractivity contribution is 6.31. The number of nitrogens with one attached hydrogen (secondary N) is 1. The first-order valence-corrected chi connectivity index (χ1v) is 9.59. The minimum Gasteiger partial charge on any atom is -0.488 e. The van der Waals surface area contributed by atoms with Crippen molar-refractivity contribution in [3.63, 3.8) is 0 Å². The molecule has 2 saturated heterocycles. The van der Waals surface area contributed by atoms with Crippen LogP contribution in [-0.4, -0.2) is 36.0 Å². The number of likely N-dealkylation sites (tertiary alicyclic amines) is 1. The van der Waals surface area contributed by atoms with E-state index in [-0.39, 0.29) is 5.91 Å². The maximum Gasteiger partial charge on any atom is 0.257 e. The van der Waals surface area contributed by atoms with E-state index in [2.05, 4.69) is 5.32 Å². The number of amides is 1. The van der Waals surface area contributed by atoms with E-state index in [1.54, 1.807) is 0 Å². The van der Waals surface area contributed by atoms with Crippen LogP contribution in [0, 0.1) is 0 Å². The molecule has 2 aliphatic heterocycles. The van der Waals surface area contributed by atoms with Crippen LogP contribution in [0.4, 0.5) is 0 Å². The third-order valence-corrected chi connectivity index (χ3v) is 5.64. The monoisotopic (exact) mass is 370 g/mol. The first kappa shape index (κ1) is 17.4. The second kappa shape index (κ2) is 7.68. The number of para-hydroxylation sites is 1. The van der Waals surface area contributed by atoms with Gasteiger partial charge in [-0.15, -0.1) is 0 Å². The summed E-state index contributed by atoms with van der Waals surface area (Å²) >= 11 is 6.21. The van der Waals surface area contributed by atoms with E-state index in [9.17, 15) is 4.79 Å². The summed E-state index contributed by atoms with van der Waals surface area (Å²) in [5, 5.41) is 4.29. The Balaban J connectivity index is 1.50. The lowest BCUT2D eigenvalue weighted by molar-refractivity contribution is 0.0743. The molecule has 0 spiro atoms. The summed E-state index contributed by atoms with van der Waals surface area (Å²) in [5.41, 5.74) is 1.53.